The molecule has 0 atom stereocenters. The molecule has 0 saturated heterocycles. The zero-order chi connectivity index (χ0) is 19.4. The first-order valence-corrected chi connectivity index (χ1v) is 8.62. The highest BCUT2D eigenvalue weighted by atomic mass is 19.1. The molecule has 0 spiro atoms. The number of aromatic nitrogens is 2. The number of nitrogens with one attached hydrogen (secondary N) is 2. The van der Waals surface area contributed by atoms with Crippen molar-refractivity contribution in [3.63, 3.8) is 0 Å². The summed E-state index contributed by atoms with van der Waals surface area (Å²) in [5.74, 6) is -0.158. The lowest BCUT2D eigenvalue weighted by molar-refractivity contribution is 0.0950. The molecule has 1 aromatic heterocycles. The molecule has 0 saturated carbocycles. The van der Waals surface area contributed by atoms with Gasteiger partial charge in [-0.05, 0) is 49.6 Å². The zero-order valence-corrected chi connectivity index (χ0v) is 15.5. The Morgan fingerprint density at radius 1 is 1.00 bits per heavy atom. The van der Waals surface area contributed by atoms with E-state index in [1.807, 2.05) is 13.8 Å². The summed E-state index contributed by atoms with van der Waals surface area (Å²) >= 11 is 0. The van der Waals surface area contributed by atoms with Gasteiger partial charge in [0.2, 0.25) is 5.95 Å². The maximum Gasteiger partial charge on any atom is 0.254 e. The van der Waals surface area contributed by atoms with Crippen LogP contribution >= 0.6 is 0 Å². The van der Waals surface area contributed by atoms with E-state index in [1.54, 1.807) is 12.1 Å². The largest absolute Gasteiger partial charge is 0.348 e. The molecule has 0 fully saturated rings. The highest BCUT2D eigenvalue weighted by Crippen LogP contribution is 2.24. The van der Waals surface area contributed by atoms with Crippen LogP contribution in [0.5, 0.6) is 0 Å². The van der Waals surface area contributed by atoms with Crippen molar-refractivity contribution in [2.45, 2.75) is 27.3 Å². The second-order valence-corrected chi connectivity index (χ2v) is 6.50. The van der Waals surface area contributed by atoms with Crippen LogP contribution in [0.2, 0.25) is 0 Å². The Morgan fingerprint density at radius 3 is 2.19 bits per heavy atom. The van der Waals surface area contributed by atoms with Gasteiger partial charge in [0, 0.05) is 24.6 Å². The van der Waals surface area contributed by atoms with Gasteiger partial charge >= 0.3 is 0 Å². The Hall–Kier alpha value is -3.28. The van der Waals surface area contributed by atoms with Crippen LogP contribution in [0.15, 0.2) is 48.8 Å². The molecule has 3 aromatic rings. The Kier molecular flexibility index (Phi) is 5.45. The van der Waals surface area contributed by atoms with Gasteiger partial charge in [0.05, 0.1) is 5.56 Å². The Balaban J connectivity index is 1.64. The Bertz CT molecular complexity index is 930. The van der Waals surface area contributed by atoms with E-state index in [0.29, 0.717) is 18.1 Å². The van der Waals surface area contributed by atoms with Gasteiger partial charge in [0.15, 0.2) is 0 Å². The summed E-state index contributed by atoms with van der Waals surface area (Å²) in [6.45, 7) is 6.42. The van der Waals surface area contributed by atoms with Crippen molar-refractivity contribution >= 4 is 17.5 Å². The molecule has 138 valence electrons. The third-order valence-electron chi connectivity index (χ3n) is 4.19. The monoisotopic (exact) mass is 364 g/mol. The van der Waals surface area contributed by atoms with Crippen LogP contribution in [-0.2, 0) is 6.54 Å². The van der Waals surface area contributed by atoms with Gasteiger partial charge in [0.25, 0.3) is 5.91 Å². The fourth-order valence-electron chi connectivity index (χ4n) is 2.89. The number of rotatable bonds is 5. The first-order chi connectivity index (χ1) is 12.9. The Morgan fingerprint density at radius 2 is 1.59 bits per heavy atom. The number of hydrogen-bond acceptors (Lipinski definition) is 4. The molecule has 6 heteroatoms. The lowest BCUT2D eigenvalue weighted by Gasteiger charge is -2.12. The average molecular weight is 364 g/mol. The number of carbonyl (C=O) groups excluding carboxylic acids is 1. The summed E-state index contributed by atoms with van der Waals surface area (Å²) in [6, 6.07) is 10.2. The van der Waals surface area contributed by atoms with E-state index in [0.717, 1.165) is 22.4 Å². The molecule has 0 unspecified atom stereocenters. The van der Waals surface area contributed by atoms with Gasteiger partial charge in [-0.15, -0.1) is 0 Å². The SMILES string of the molecule is Cc1cc(C)c(Nc2ncc(C(=O)NCc3ccc(F)cc3)cn2)c(C)c1. The minimum absolute atomic E-state index is 0.284. The molecule has 2 N–H and O–H groups in total. The molecule has 1 amide bonds. The normalized spacial score (nSPS) is 10.5. The minimum Gasteiger partial charge on any atom is -0.348 e. The van der Waals surface area contributed by atoms with Crippen molar-refractivity contribution in [3.05, 3.63) is 82.4 Å². The second-order valence-electron chi connectivity index (χ2n) is 6.50. The van der Waals surface area contributed by atoms with Crippen LogP contribution in [0, 0.1) is 26.6 Å². The highest BCUT2D eigenvalue weighted by Gasteiger charge is 2.09. The van der Waals surface area contributed by atoms with Gasteiger partial charge < -0.3 is 10.6 Å². The van der Waals surface area contributed by atoms with Gasteiger partial charge in [0.1, 0.15) is 5.82 Å². The zero-order valence-electron chi connectivity index (χ0n) is 15.5. The van der Waals surface area contributed by atoms with Crippen LogP contribution in [-0.4, -0.2) is 15.9 Å². The van der Waals surface area contributed by atoms with Crippen LogP contribution in [0.3, 0.4) is 0 Å². The van der Waals surface area contributed by atoms with Crippen LogP contribution in [0.4, 0.5) is 16.0 Å². The molecular weight excluding hydrogens is 343 g/mol. The number of aryl methyl sites for hydroxylation is 3. The third kappa shape index (κ3) is 4.67. The van der Waals surface area contributed by atoms with Crippen molar-refractivity contribution in [3.8, 4) is 0 Å². The van der Waals surface area contributed by atoms with Crippen molar-refractivity contribution < 1.29 is 9.18 Å². The minimum atomic E-state index is -0.305. The van der Waals surface area contributed by atoms with E-state index in [9.17, 15) is 9.18 Å². The molecule has 5 nitrogen and oxygen atoms in total. The summed E-state index contributed by atoms with van der Waals surface area (Å²) in [5, 5.41) is 5.97. The summed E-state index contributed by atoms with van der Waals surface area (Å²) in [6.07, 6.45) is 2.96. The van der Waals surface area contributed by atoms with Crippen molar-refractivity contribution in [2.75, 3.05) is 5.32 Å². The van der Waals surface area contributed by atoms with Crippen molar-refractivity contribution in [1.29, 1.82) is 0 Å². The van der Waals surface area contributed by atoms with Gasteiger partial charge in [-0.2, -0.15) is 0 Å². The first-order valence-electron chi connectivity index (χ1n) is 8.62. The average Bonchev–Trinajstić information content (AvgIpc) is 2.64. The lowest BCUT2D eigenvalue weighted by Crippen LogP contribution is -2.23. The molecule has 0 aliphatic rings. The molecule has 3 rings (SSSR count). The van der Waals surface area contributed by atoms with Crippen molar-refractivity contribution in [1.82, 2.24) is 15.3 Å². The molecule has 0 aliphatic heterocycles. The quantitative estimate of drug-likeness (QED) is 0.711. The van der Waals surface area contributed by atoms with Crippen LogP contribution in [0.1, 0.15) is 32.6 Å². The van der Waals surface area contributed by atoms with E-state index in [2.05, 4.69) is 39.7 Å². The number of anilines is 2. The molecule has 27 heavy (non-hydrogen) atoms. The summed E-state index contributed by atoms with van der Waals surface area (Å²) in [7, 11) is 0. The van der Waals surface area contributed by atoms with Gasteiger partial charge in [-0.3, -0.25) is 4.79 Å². The fourth-order valence-corrected chi connectivity index (χ4v) is 2.89. The number of halogens is 1. The molecular formula is C21H21FN4O. The van der Waals surface area contributed by atoms with Crippen LogP contribution in [0.25, 0.3) is 0 Å². The lowest BCUT2D eigenvalue weighted by atomic mass is 10.1. The third-order valence-corrected chi connectivity index (χ3v) is 4.19. The molecule has 2 aromatic carbocycles. The number of amides is 1. The summed E-state index contributed by atoms with van der Waals surface area (Å²) in [5.41, 5.74) is 5.56. The molecule has 0 aliphatic carbocycles. The topological polar surface area (TPSA) is 66.9 Å². The number of carbonyl (C=O) groups is 1. The number of benzene rings is 2. The first kappa shape index (κ1) is 18.5. The second kappa shape index (κ2) is 7.95. The van der Waals surface area contributed by atoms with Crippen molar-refractivity contribution in [2.24, 2.45) is 0 Å². The molecule has 1 heterocycles. The molecule has 0 radical (unpaired) electrons. The summed E-state index contributed by atoms with van der Waals surface area (Å²) < 4.78 is 12.9. The number of nitrogens with zero attached hydrogens (tertiary/aromatic N) is 2. The predicted octanol–water partition coefficient (Wildman–Crippen LogP) is 4.21. The van der Waals surface area contributed by atoms with E-state index in [-0.39, 0.29) is 11.7 Å². The van der Waals surface area contributed by atoms with Crippen LogP contribution < -0.4 is 10.6 Å². The van der Waals surface area contributed by atoms with E-state index < -0.39 is 0 Å². The van der Waals surface area contributed by atoms with Gasteiger partial charge in [-0.25, -0.2) is 14.4 Å². The maximum absolute atomic E-state index is 12.9. The predicted molar refractivity (Wildman–Crippen MR) is 104 cm³/mol. The number of hydrogen-bond donors (Lipinski definition) is 2. The smallest absolute Gasteiger partial charge is 0.254 e. The summed E-state index contributed by atoms with van der Waals surface area (Å²) in [4.78, 5) is 20.7. The standard InChI is InChI=1S/C21H21FN4O/c1-13-8-14(2)19(15(3)9-13)26-21-24-11-17(12-25-21)20(27)23-10-16-4-6-18(22)7-5-16/h4-9,11-12H,10H2,1-3H3,(H,23,27)(H,24,25,26). The van der Waals surface area contributed by atoms with E-state index in [1.165, 1.54) is 30.1 Å². The fraction of sp³-hybridized carbons (Fsp3) is 0.190. The molecule has 0 bridgehead atoms. The van der Waals surface area contributed by atoms with E-state index in [4.69, 9.17) is 0 Å². The Labute approximate surface area is 157 Å². The van der Waals surface area contributed by atoms with E-state index >= 15 is 0 Å². The maximum atomic E-state index is 12.9. The highest BCUT2D eigenvalue weighted by molar-refractivity contribution is 5.93. The van der Waals surface area contributed by atoms with Gasteiger partial charge in [-0.1, -0.05) is 29.8 Å².